The van der Waals surface area contributed by atoms with Crippen molar-refractivity contribution in [3.63, 3.8) is 0 Å². The SMILES string of the molecule is CC1CN(Cc2cc(F)ccc2C#N)CC/C1=N\O. The Labute approximate surface area is 111 Å². The standard InChI is InChI=1S/C14H16FN3O/c1-10-8-18(5-4-14(10)17-19)9-12-6-13(15)3-2-11(12)7-16/h2-3,6,10,19H,4-5,8-9H2,1H3/b17-14+. The van der Waals surface area contributed by atoms with Crippen LogP contribution in [0, 0.1) is 23.1 Å². The third kappa shape index (κ3) is 3.09. The highest BCUT2D eigenvalue weighted by Gasteiger charge is 2.23. The first-order valence-electron chi connectivity index (χ1n) is 6.25. The van der Waals surface area contributed by atoms with Crippen LogP contribution in [0.1, 0.15) is 24.5 Å². The van der Waals surface area contributed by atoms with Crippen molar-refractivity contribution < 1.29 is 9.60 Å². The Morgan fingerprint density at radius 3 is 3.00 bits per heavy atom. The van der Waals surface area contributed by atoms with Crippen LogP contribution < -0.4 is 0 Å². The van der Waals surface area contributed by atoms with Crippen molar-refractivity contribution in [3.8, 4) is 6.07 Å². The molecule has 1 N–H and O–H groups in total. The fraction of sp³-hybridized carbons (Fsp3) is 0.429. The fourth-order valence-corrected chi connectivity index (χ4v) is 2.44. The van der Waals surface area contributed by atoms with Crippen LogP contribution in [0.25, 0.3) is 0 Å². The lowest BCUT2D eigenvalue weighted by molar-refractivity contribution is 0.228. The van der Waals surface area contributed by atoms with Gasteiger partial charge in [0.15, 0.2) is 0 Å². The Morgan fingerprint density at radius 2 is 2.37 bits per heavy atom. The van der Waals surface area contributed by atoms with Gasteiger partial charge in [0.25, 0.3) is 0 Å². The molecule has 19 heavy (non-hydrogen) atoms. The first-order valence-corrected chi connectivity index (χ1v) is 6.25. The fourth-order valence-electron chi connectivity index (χ4n) is 2.44. The zero-order valence-corrected chi connectivity index (χ0v) is 10.8. The van der Waals surface area contributed by atoms with Crippen LogP contribution in [0.2, 0.25) is 0 Å². The van der Waals surface area contributed by atoms with E-state index in [2.05, 4.69) is 16.1 Å². The monoisotopic (exact) mass is 261 g/mol. The van der Waals surface area contributed by atoms with Gasteiger partial charge in [-0.05, 0) is 23.8 Å². The van der Waals surface area contributed by atoms with Gasteiger partial charge in [-0.2, -0.15) is 5.26 Å². The number of hydrogen-bond donors (Lipinski definition) is 1. The lowest BCUT2D eigenvalue weighted by Crippen LogP contribution is -2.39. The highest BCUT2D eigenvalue weighted by atomic mass is 19.1. The Bertz CT molecular complexity index is 536. The van der Waals surface area contributed by atoms with Crippen molar-refractivity contribution in [1.82, 2.24) is 4.90 Å². The number of likely N-dealkylation sites (tertiary alicyclic amines) is 1. The van der Waals surface area contributed by atoms with Crippen molar-refractivity contribution in [3.05, 3.63) is 35.1 Å². The molecule has 5 heteroatoms. The smallest absolute Gasteiger partial charge is 0.123 e. The summed E-state index contributed by atoms with van der Waals surface area (Å²) in [4.78, 5) is 2.15. The van der Waals surface area contributed by atoms with Crippen LogP contribution in [-0.4, -0.2) is 28.9 Å². The molecule has 0 spiro atoms. The largest absolute Gasteiger partial charge is 0.411 e. The molecule has 1 aliphatic heterocycles. The number of halogens is 1. The molecule has 0 radical (unpaired) electrons. The van der Waals surface area contributed by atoms with E-state index < -0.39 is 0 Å². The summed E-state index contributed by atoms with van der Waals surface area (Å²) in [6.45, 7) is 4.05. The second kappa shape index (κ2) is 5.81. The number of nitrogens with zero attached hydrogens (tertiary/aromatic N) is 3. The van der Waals surface area contributed by atoms with Crippen LogP contribution in [0.5, 0.6) is 0 Å². The van der Waals surface area contributed by atoms with E-state index in [1.165, 1.54) is 18.2 Å². The zero-order chi connectivity index (χ0) is 13.8. The van der Waals surface area contributed by atoms with E-state index in [-0.39, 0.29) is 11.7 Å². The molecule has 0 aliphatic carbocycles. The maximum Gasteiger partial charge on any atom is 0.123 e. The molecular formula is C14H16FN3O. The molecule has 1 fully saturated rings. The second-order valence-corrected chi connectivity index (χ2v) is 4.89. The summed E-state index contributed by atoms with van der Waals surface area (Å²) in [5, 5.41) is 21.2. The van der Waals surface area contributed by atoms with Crippen LogP contribution in [0.4, 0.5) is 4.39 Å². The summed E-state index contributed by atoms with van der Waals surface area (Å²) < 4.78 is 13.3. The van der Waals surface area contributed by atoms with Gasteiger partial charge in [-0.1, -0.05) is 12.1 Å². The number of hydrogen-bond acceptors (Lipinski definition) is 4. The normalized spacial score (nSPS) is 22.4. The van der Waals surface area contributed by atoms with Crippen molar-refractivity contribution in [2.75, 3.05) is 13.1 Å². The summed E-state index contributed by atoms with van der Waals surface area (Å²) in [7, 11) is 0. The molecular weight excluding hydrogens is 245 g/mol. The van der Waals surface area contributed by atoms with E-state index in [9.17, 15) is 4.39 Å². The van der Waals surface area contributed by atoms with Gasteiger partial charge in [0.1, 0.15) is 5.82 Å². The first kappa shape index (κ1) is 13.5. The van der Waals surface area contributed by atoms with E-state index in [1.807, 2.05) is 6.92 Å². The average molecular weight is 261 g/mol. The highest BCUT2D eigenvalue weighted by Crippen LogP contribution is 2.19. The molecule has 1 heterocycles. The molecule has 4 nitrogen and oxygen atoms in total. The Kier molecular flexibility index (Phi) is 4.13. The molecule has 1 aliphatic rings. The van der Waals surface area contributed by atoms with Crippen molar-refractivity contribution >= 4 is 5.71 Å². The molecule has 0 amide bonds. The molecule has 1 saturated heterocycles. The molecule has 1 aromatic carbocycles. The third-order valence-corrected chi connectivity index (χ3v) is 3.50. The minimum atomic E-state index is -0.323. The number of nitriles is 1. The van der Waals surface area contributed by atoms with Crippen molar-refractivity contribution in [2.24, 2.45) is 11.1 Å². The molecule has 100 valence electrons. The summed E-state index contributed by atoms with van der Waals surface area (Å²) >= 11 is 0. The maximum atomic E-state index is 13.3. The Hall–Kier alpha value is -1.93. The minimum absolute atomic E-state index is 0.179. The molecule has 0 saturated carbocycles. The third-order valence-electron chi connectivity index (χ3n) is 3.50. The highest BCUT2D eigenvalue weighted by molar-refractivity contribution is 5.86. The van der Waals surface area contributed by atoms with E-state index in [0.29, 0.717) is 24.1 Å². The minimum Gasteiger partial charge on any atom is -0.411 e. The van der Waals surface area contributed by atoms with Crippen molar-refractivity contribution in [1.29, 1.82) is 5.26 Å². The van der Waals surface area contributed by atoms with Gasteiger partial charge in [-0.25, -0.2) is 4.39 Å². The average Bonchev–Trinajstić information content (AvgIpc) is 2.39. The van der Waals surface area contributed by atoms with Gasteiger partial charge in [0.05, 0.1) is 17.3 Å². The molecule has 0 aromatic heterocycles. The quantitative estimate of drug-likeness (QED) is 0.656. The van der Waals surface area contributed by atoms with Gasteiger partial charge < -0.3 is 5.21 Å². The zero-order valence-electron chi connectivity index (χ0n) is 10.8. The van der Waals surface area contributed by atoms with Gasteiger partial charge in [0.2, 0.25) is 0 Å². The van der Waals surface area contributed by atoms with Gasteiger partial charge >= 0.3 is 0 Å². The maximum absolute atomic E-state index is 13.3. The number of oxime groups is 1. The number of benzene rings is 1. The first-order chi connectivity index (χ1) is 9.13. The summed E-state index contributed by atoms with van der Waals surface area (Å²) in [5.41, 5.74) is 2.02. The topological polar surface area (TPSA) is 59.6 Å². The predicted octanol–water partition coefficient (Wildman–Crippen LogP) is 2.37. The van der Waals surface area contributed by atoms with Crippen molar-refractivity contribution in [2.45, 2.75) is 19.9 Å². The summed E-state index contributed by atoms with van der Waals surface area (Å²) in [6, 6.07) is 6.32. The number of rotatable bonds is 2. The van der Waals surface area contributed by atoms with Crippen LogP contribution in [0.3, 0.4) is 0 Å². The number of piperidine rings is 1. The van der Waals surface area contributed by atoms with E-state index >= 15 is 0 Å². The van der Waals surface area contributed by atoms with E-state index in [1.54, 1.807) is 0 Å². The van der Waals surface area contributed by atoms with Gasteiger partial charge in [0, 0.05) is 32.0 Å². The van der Waals surface area contributed by atoms with Crippen LogP contribution in [-0.2, 0) is 6.54 Å². The van der Waals surface area contributed by atoms with E-state index in [0.717, 1.165) is 18.8 Å². The molecule has 2 rings (SSSR count). The molecule has 1 unspecified atom stereocenters. The predicted molar refractivity (Wildman–Crippen MR) is 69.4 cm³/mol. The molecule has 1 aromatic rings. The Balaban J connectivity index is 2.11. The van der Waals surface area contributed by atoms with E-state index in [4.69, 9.17) is 10.5 Å². The lowest BCUT2D eigenvalue weighted by Gasteiger charge is -2.31. The van der Waals surface area contributed by atoms with Gasteiger partial charge in [-0.15, -0.1) is 0 Å². The van der Waals surface area contributed by atoms with Gasteiger partial charge in [-0.3, -0.25) is 4.90 Å². The molecule has 1 atom stereocenters. The van der Waals surface area contributed by atoms with Crippen LogP contribution >= 0.6 is 0 Å². The lowest BCUT2D eigenvalue weighted by atomic mass is 9.96. The summed E-state index contributed by atoms with van der Waals surface area (Å²) in [5.74, 6) is -0.144. The Morgan fingerprint density at radius 1 is 1.58 bits per heavy atom. The second-order valence-electron chi connectivity index (χ2n) is 4.89. The molecule has 0 bridgehead atoms. The summed E-state index contributed by atoms with van der Waals surface area (Å²) in [6.07, 6.45) is 0.703. The van der Waals surface area contributed by atoms with Crippen LogP contribution in [0.15, 0.2) is 23.4 Å².